The summed E-state index contributed by atoms with van der Waals surface area (Å²) in [7, 11) is 1.42. The minimum absolute atomic E-state index is 0.0146. The zero-order valence-corrected chi connectivity index (χ0v) is 17.7. The van der Waals surface area contributed by atoms with Crippen molar-refractivity contribution in [3.05, 3.63) is 35.7 Å². The van der Waals surface area contributed by atoms with Gasteiger partial charge in [-0.15, -0.1) is 0 Å². The summed E-state index contributed by atoms with van der Waals surface area (Å²) in [4.78, 5) is 51.0. The summed E-state index contributed by atoms with van der Waals surface area (Å²) < 4.78 is 20.0. The summed E-state index contributed by atoms with van der Waals surface area (Å²) in [5.74, 6) is -3.17. The summed E-state index contributed by atoms with van der Waals surface area (Å²) in [5, 5.41) is 3.43. The predicted octanol–water partition coefficient (Wildman–Crippen LogP) is 2.34. The number of hydrogen-bond acceptors (Lipinski definition) is 9. The molecule has 1 heterocycles. The van der Waals surface area contributed by atoms with Gasteiger partial charge in [-0.05, 0) is 39.0 Å². The lowest BCUT2D eigenvalue weighted by Gasteiger charge is -2.13. The minimum Gasteiger partial charge on any atom is -0.495 e. The molecule has 2 N–H and O–H groups in total. The summed E-state index contributed by atoms with van der Waals surface area (Å²) >= 11 is 0. The van der Waals surface area contributed by atoms with Crippen LogP contribution in [0.1, 0.15) is 31.3 Å². The van der Waals surface area contributed by atoms with Crippen LogP contribution in [0.15, 0.2) is 30.0 Å². The van der Waals surface area contributed by atoms with Crippen molar-refractivity contribution in [3.63, 3.8) is 0 Å². The molecule has 2 rings (SSSR count). The number of fused-ring (bicyclic) bond motifs is 1. The number of hydrogen-bond donors (Lipinski definition) is 2. The first-order valence-corrected chi connectivity index (χ1v) is 9.59. The maximum atomic E-state index is 12.3. The minimum atomic E-state index is -1.10. The number of ether oxygens (including phenoxy) is 4. The Labute approximate surface area is 178 Å². The van der Waals surface area contributed by atoms with E-state index in [1.165, 1.54) is 7.11 Å². The van der Waals surface area contributed by atoms with Gasteiger partial charge in [0.15, 0.2) is 0 Å². The summed E-state index contributed by atoms with van der Waals surface area (Å²) in [6.45, 7) is 5.16. The summed E-state index contributed by atoms with van der Waals surface area (Å²) in [6, 6.07) is 4.82. The lowest BCUT2D eigenvalue weighted by atomic mass is 10.2. The number of benzene rings is 1. The molecule has 0 aliphatic carbocycles. The lowest BCUT2D eigenvalue weighted by Crippen LogP contribution is -2.21. The number of aromatic nitrogens is 1. The van der Waals surface area contributed by atoms with Gasteiger partial charge in [-0.25, -0.2) is 14.4 Å². The fourth-order valence-corrected chi connectivity index (χ4v) is 2.64. The van der Waals surface area contributed by atoms with Crippen LogP contribution in [0.25, 0.3) is 10.9 Å². The van der Waals surface area contributed by atoms with Crippen molar-refractivity contribution in [1.82, 2.24) is 4.98 Å². The van der Waals surface area contributed by atoms with E-state index in [2.05, 4.69) is 15.0 Å². The van der Waals surface area contributed by atoms with Crippen molar-refractivity contribution in [1.29, 1.82) is 0 Å². The maximum absolute atomic E-state index is 12.3. The molecule has 0 saturated carbocycles. The zero-order chi connectivity index (χ0) is 23.0. The molecule has 0 bridgehead atoms. The largest absolute Gasteiger partial charge is 0.495 e. The van der Waals surface area contributed by atoms with Gasteiger partial charge in [-0.1, -0.05) is 0 Å². The van der Waals surface area contributed by atoms with Gasteiger partial charge in [0, 0.05) is 17.0 Å². The number of methoxy groups -OCH3 is 1. The molecule has 0 unspecified atom stereocenters. The second-order valence-electron chi connectivity index (χ2n) is 6.03. The molecule has 31 heavy (non-hydrogen) atoms. The third-order valence-electron chi connectivity index (χ3n) is 3.95. The normalized spacial score (nSPS) is 11.0. The summed E-state index contributed by atoms with van der Waals surface area (Å²) in [6.07, 6.45) is 0.804. The third-order valence-corrected chi connectivity index (χ3v) is 3.95. The number of rotatable bonds is 10. The van der Waals surface area contributed by atoms with Gasteiger partial charge in [-0.2, -0.15) is 0 Å². The van der Waals surface area contributed by atoms with Crippen LogP contribution < -0.4 is 10.1 Å². The maximum Gasteiger partial charge on any atom is 0.379 e. The van der Waals surface area contributed by atoms with Gasteiger partial charge in [0.2, 0.25) is 0 Å². The molecule has 0 amide bonds. The van der Waals surface area contributed by atoms with E-state index in [4.69, 9.17) is 14.2 Å². The molecular formula is C21H24N2O8. The summed E-state index contributed by atoms with van der Waals surface area (Å²) in [5.41, 5.74) is 0.805. The smallest absolute Gasteiger partial charge is 0.379 e. The number of esters is 3. The second-order valence-corrected chi connectivity index (χ2v) is 6.03. The Morgan fingerprint density at radius 1 is 0.935 bits per heavy atom. The number of carbonyl (C=O) groups excluding carboxylic acids is 4. The molecule has 166 valence electrons. The average molecular weight is 432 g/mol. The van der Waals surface area contributed by atoms with E-state index < -0.39 is 23.7 Å². The molecule has 0 spiro atoms. The number of carbonyl (C=O) groups is 4. The molecule has 2 aromatic rings. The quantitative estimate of drug-likeness (QED) is 0.251. The first kappa shape index (κ1) is 23.5. The molecule has 10 heteroatoms. The van der Waals surface area contributed by atoms with E-state index in [1.54, 1.807) is 39.0 Å². The van der Waals surface area contributed by atoms with Crippen molar-refractivity contribution < 1.29 is 38.1 Å². The molecule has 0 atom stereocenters. The van der Waals surface area contributed by atoms with Crippen LogP contribution in [0, 0.1) is 0 Å². The highest BCUT2D eigenvalue weighted by molar-refractivity contribution is 6.39. The van der Waals surface area contributed by atoms with E-state index in [-0.39, 0.29) is 31.2 Å². The van der Waals surface area contributed by atoms with Crippen LogP contribution >= 0.6 is 0 Å². The lowest BCUT2D eigenvalue weighted by molar-refractivity contribution is -0.151. The Kier molecular flexibility index (Phi) is 8.18. The van der Waals surface area contributed by atoms with Crippen LogP contribution in [0.3, 0.4) is 0 Å². The van der Waals surface area contributed by atoms with Crippen molar-refractivity contribution >= 4 is 40.3 Å². The van der Waals surface area contributed by atoms with E-state index in [9.17, 15) is 19.2 Å². The standard InChI is InChI=1S/C21H24N2O8/c1-5-29-19(25)15-8-12-9-18(28-4)14(10-13(12)22-15)23-16(20(26)30-6-2)11-17(24)21(27)31-7-3/h8-11,22-23H,5-7H2,1-4H3/b16-11-. The topological polar surface area (TPSA) is 133 Å². The van der Waals surface area contributed by atoms with Gasteiger partial charge in [0.1, 0.15) is 17.1 Å². The van der Waals surface area contributed by atoms with Crippen molar-refractivity contribution in [2.75, 3.05) is 32.2 Å². The molecule has 0 saturated heterocycles. The van der Waals surface area contributed by atoms with E-state index in [0.29, 0.717) is 22.3 Å². The van der Waals surface area contributed by atoms with Gasteiger partial charge in [-0.3, -0.25) is 4.79 Å². The van der Waals surface area contributed by atoms with E-state index >= 15 is 0 Å². The first-order chi connectivity index (χ1) is 14.8. The van der Waals surface area contributed by atoms with Crippen LogP contribution in [0.5, 0.6) is 5.75 Å². The Bertz CT molecular complexity index is 1020. The van der Waals surface area contributed by atoms with Crippen LogP contribution in [0.4, 0.5) is 5.69 Å². The van der Waals surface area contributed by atoms with Crippen molar-refractivity contribution in [3.8, 4) is 5.75 Å². The SMILES string of the molecule is CCOC(=O)C(=O)/C=C(\Nc1cc2[nH]c(C(=O)OCC)cc2cc1OC)C(=O)OCC. The van der Waals surface area contributed by atoms with Crippen molar-refractivity contribution in [2.45, 2.75) is 20.8 Å². The van der Waals surface area contributed by atoms with Crippen LogP contribution in [-0.4, -0.2) is 55.6 Å². The van der Waals surface area contributed by atoms with Crippen molar-refractivity contribution in [2.24, 2.45) is 0 Å². The third kappa shape index (κ3) is 5.84. The Hall–Kier alpha value is -3.82. The van der Waals surface area contributed by atoms with Crippen LogP contribution in [0.2, 0.25) is 0 Å². The Morgan fingerprint density at radius 2 is 1.58 bits per heavy atom. The van der Waals surface area contributed by atoms with Gasteiger partial charge >= 0.3 is 17.9 Å². The Morgan fingerprint density at radius 3 is 2.19 bits per heavy atom. The molecule has 0 fully saturated rings. The fraction of sp³-hybridized carbons (Fsp3) is 0.333. The highest BCUT2D eigenvalue weighted by Gasteiger charge is 2.20. The number of aromatic amines is 1. The number of ketones is 1. The zero-order valence-electron chi connectivity index (χ0n) is 17.7. The molecule has 0 aliphatic rings. The molecular weight excluding hydrogens is 408 g/mol. The Balaban J connectivity index is 2.45. The van der Waals surface area contributed by atoms with Gasteiger partial charge in [0.05, 0.1) is 32.6 Å². The fourth-order valence-electron chi connectivity index (χ4n) is 2.64. The van der Waals surface area contributed by atoms with E-state index in [1.807, 2.05) is 0 Å². The number of anilines is 1. The van der Waals surface area contributed by atoms with E-state index in [0.717, 1.165) is 6.08 Å². The first-order valence-electron chi connectivity index (χ1n) is 9.59. The van der Waals surface area contributed by atoms with Crippen LogP contribution in [-0.2, 0) is 28.6 Å². The number of nitrogens with one attached hydrogen (secondary N) is 2. The second kappa shape index (κ2) is 10.8. The highest BCUT2D eigenvalue weighted by Crippen LogP contribution is 2.32. The molecule has 0 aliphatic heterocycles. The molecule has 0 radical (unpaired) electrons. The monoisotopic (exact) mass is 432 g/mol. The molecule has 1 aromatic carbocycles. The average Bonchev–Trinajstić information content (AvgIpc) is 3.16. The predicted molar refractivity (Wildman–Crippen MR) is 111 cm³/mol. The van der Waals surface area contributed by atoms with Gasteiger partial charge in [0.25, 0.3) is 5.78 Å². The molecule has 1 aromatic heterocycles. The van der Waals surface area contributed by atoms with Gasteiger partial charge < -0.3 is 29.2 Å². The number of H-pyrrole nitrogens is 1. The molecule has 10 nitrogen and oxygen atoms in total. The highest BCUT2D eigenvalue weighted by atomic mass is 16.5.